The number of hydrazone groups is 1. The topological polar surface area (TPSA) is 45.6 Å². The summed E-state index contributed by atoms with van der Waals surface area (Å²) in [6.45, 7) is 4.19. The average Bonchev–Trinajstić information content (AvgIpc) is 2.36. The van der Waals surface area contributed by atoms with E-state index in [2.05, 4.69) is 15.8 Å². The van der Waals surface area contributed by atoms with Crippen molar-refractivity contribution in [3.63, 3.8) is 0 Å². The first-order chi connectivity index (χ1) is 9.04. The van der Waals surface area contributed by atoms with Crippen LogP contribution in [-0.2, 0) is 4.74 Å². The van der Waals surface area contributed by atoms with Gasteiger partial charge in [-0.05, 0) is 32.1 Å². The van der Waals surface area contributed by atoms with Gasteiger partial charge in [-0.1, -0.05) is 18.2 Å². The molecule has 1 rings (SSSR count). The molecule has 0 spiro atoms. The Hall–Kier alpha value is -1.53. The number of halogens is 1. The van der Waals surface area contributed by atoms with E-state index < -0.39 is 0 Å². The molecule has 0 unspecified atom stereocenters. The van der Waals surface area contributed by atoms with Crippen molar-refractivity contribution in [1.82, 2.24) is 10.7 Å². The van der Waals surface area contributed by atoms with Gasteiger partial charge in [-0.2, -0.15) is 5.10 Å². The molecule has 0 heterocycles. The van der Waals surface area contributed by atoms with Gasteiger partial charge in [0.05, 0.1) is 12.3 Å². The standard InChI is InChI=1S/C13H18FN3OS/c1-9(8-18-3)15-13(19)17-16-10(2)11-6-4-5-7-12(11)14/h4-7,9H,8H2,1-3H3,(H2,15,17,19)/b16-10-/t9-/m1/s1. The van der Waals surface area contributed by atoms with Crippen molar-refractivity contribution >= 4 is 23.0 Å². The molecule has 0 aromatic heterocycles. The summed E-state index contributed by atoms with van der Waals surface area (Å²) in [4.78, 5) is 0. The van der Waals surface area contributed by atoms with Crippen LogP contribution in [-0.4, -0.2) is 30.6 Å². The summed E-state index contributed by atoms with van der Waals surface area (Å²) < 4.78 is 18.5. The molecule has 1 aromatic carbocycles. The third-order valence-electron chi connectivity index (χ3n) is 2.38. The Morgan fingerprint density at radius 3 is 2.79 bits per heavy atom. The molecule has 2 N–H and O–H groups in total. The van der Waals surface area contributed by atoms with Crippen LogP contribution in [0, 0.1) is 5.82 Å². The molecule has 0 saturated carbocycles. The lowest BCUT2D eigenvalue weighted by atomic mass is 10.1. The van der Waals surface area contributed by atoms with Gasteiger partial charge in [-0.3, -0.25) is 5.43 Å². The number of nitrogens with one attached hydrogen (secondary N) is 2. The van der Waals surface area contributed by atoms with Crippen molar-refractivity contribution in [3.8, 4) is 0 Å². The fourth-order valence-electron chi connectivity index (χ4n) is 1.50. The van der Waals surface area contributed by atoms with Gasteiger partial charge in [0, 0.05) is 18.7 Å². The van der Waals surface area contributed by atoms with E-state index in [1.54, 1.807) is 32.2 Å². The molecule has 0 fully saturated rings. The summed E-state index contributed by atoms with van der Waals surface area (Å²) in [5, 5.41) is 7.42. The molecule has 4 nitrogen and oxygen atoms in total. The number of hydrogen-bond donors (Lipinski definition) is 2. The molecule has 6 heteroatoms. The van der Waals surface area contributed by atoms with Crippen LogP contribution in [0.5, 0.6) is 0 Å². The lowest BCUT2D eigenvalue weighted by molar-refractivity contribution is 0.179. The average molecular weight is 283 g/mol. The first-order valence-electron chi connectivity index (χ1n) is 5.89. The summed E-state index contributed by atoms with van der Waals surface area (Å²) in [6.07, 6.45) is 0. The zero-order valence-corrected chi connectivity index (χ0v) is 12.1. The highest BCUT2D eigenvalue weighted by molar-refractivity contribution is 7.80. The number of thiocarbonyl (C=S) groups is 1. The second-order valence-electron chi connectivity index (χ2n) is 4.12. The first-order valence-corrected chi connectivity index (χ1v) is 6.30. The van der Waals surface area contributed by atoms with Crippen LogP contribution < -0.4 is 10.7 Å². The Morgan fingerprint density at radius 1 is 1.47 bits per heavy atom. The Labute approximate surface area is 118 Å². The Kier molecular flexibility index (Phi) is 6.38. The molecule has 0 aliphatic carbocycles. The molecular weight excluding hydrogens is 265 g/mol. The lowest BCUT2D eigenvalue weighted by Crippen LogP contribution is -2.40. The monoisotopic (exact) mass is 283 g/mol. The van der Waals surface area contributed by atoms with Crippen LogP contribution in [0.15, 0.2) is 29.4 Å². The van der Waals surface area contributed by atoms with Crippen LogP contribution >= 0.6 is 12.2 Å². The van der Waals surface area contributed by atoms with Gasteiger partial charge in [-0.25, -0.2) is 4.39 Å². The number of benzene rings is 1. The van der Waals surface area contributed by atoms with Gasteiger partial charge >= 0.3 is 0 Å². The summed E-state index contributed by atoms with van der Waals surface area (Å²) in [5.74, 6) is -0.308. The van der Waals surface area contributed by atoms with Crippen molar-refractivity contribution in [1.29, 1.82) is 0 Å². The van der Waals surface area contributed by atoms with E-state index in [4.69, 9.17) is 17.0 Å². The molecule has 0 bridgehead atoms. The minimum atomic E-state index is -0.308. The van der Waals surface area contributed by atoms with E-state index in [1.165, 1.54) is 6.07 Å². The lowest BCUT2D eigenvalue weighted by Gasteiger charge is -2.14. The molecule has 0 aliphatic heterocycles. The van der Waals surface area contributed by atoms with Crippen LogP contribution in [0.25, 0.3) is 0 Å². The molecule has 104 valence electrons. The van der Waals surface area contributed by atoms with Crippen molar-refractivity contribution < 1.29 is 9.13 Å². The fraction of sp³-hybridized carbons (Fsp3) is 0.385. The van der Waals surface area contributed by atoms with Gasteiger partial charge in [0.15, 0.2) is 5.11 Å². The predicted molar refractivity (Wildman–Crippen MR) is 78.8 cm³/mol. The fourth-order valence-corrected chi connectivity index (χ4v) is 1.74. The van der Waals surface area contributed by atoms with Gasteiger partial charge in [-0.15, -0.1) is 0 Å². The smallest absolute Gasteiger partial charge is 0.187 e. The van der Waals surface area contributed by atoms with E-state index in [0.29, 0.717) is 23.0 Å². The van der Waals surface area contributed by atoms with Crippen LogP contribution in [0.2, 0.25) is 0 Å². The molecule has 0 radical (unpaired) electrons. The van der Waals surface area contributed by atoms with Crippen LogP contribution in [0.1, 0.15) is 19.4 Å². The third kappa shape index (κ3) is 5.32. The molecular formula is C13H18FN3OS. The molecule has 1 atom stereocenters. The maximum Gasteiger partial charge on any atom is 0.187 e. The Morgan fingerprint density at radius 2 is 2.16 bits per heavy atom. The van der Waals surface area contributed by atoms with Crippen LogP contribution in [0.4, 0.5) is 4.39 Å². The SMILES string of the molecule is COC[C@@H](C)NC(=S)N/N=C(/C)c1ccccc1F. The quantitative estimate of drug-likeness (QED) is 0.493. The second kappa shape index (κ2) is 7.81. The number of hydrogen-bond acceptors (Lipinski definition) is 3. The van der Waals surface area contributed by atoms with Crippen molar-refractivity contribution in [3.05, 3.63) is 35.6 Å². The number of nitrogens with zero attached hydrogens (tertiary/aromatic N) is 1. The molecule has 0 aliphatic rings. The Balaban J connectivity index is 2.57. The summed E-state index contributed by atoms with van der Waals surface area (Å²) in [7, 11) is 1.62. The van der Waals surface area contributed by atoms with Crippen molar-refractivity contribution in [2.45, 2.75) is 19.9 Å². The zero-order chi connectivity index (χ0) is 14.3. The normalized spacial score (nSPS) is 12.9. The van der Waals surface area contributed by atoms with Gasteiger partial charge in [0.2, 0.25) is 0 Å². The van der Waals surface area contributed by atoms with Crippen molar-refractivity contribution in [2.75, 3.05) is 13.7 Å². The summed E-state index contributed by atoms with van der Waals surface area (Å²) in [5.41, 5.74) is 3.66. The predicted octanol–water partition coefficient (Wildman–Crippen LogP) is 2.05. The number of ether oxygens (including phenoxy) is 1. The molecule has 1 aromatic rings. The summed E-state index contributed by atoms with van der Waals surface area (Å²) in [6, 6.07) is 6.53. The highest BCUT2D eigenvalue weighted by Gasteiger charge is 2.05. The van der Waals surface area contributed by atoms with E-state index in [-0.39, 0.29) is 11.9 Å². The minimum absolute atomic E-state index is 0.0777. The summed E-state index contributed by atoms with van der Waals surface area (Å²) >= 11 is 5.07. The minimum Gasteiger partial charge on any atom is -0.383 e. The number of methoxy groups -OCH3 is 1. The van der Waals surface area contributed by atoms with Crippen LogP contribution in [0.3, 0.4) is 0 Å². The van der Waals surface area contributed by atoms with Gasteiger partial charge < -0.3 is 10.1 Å². The van der Waals surface area contributed by atoms with E-state index in [0.717, 1.165) is 0 Å². The van der Waals surface area contributed by atoms with E-state index in [9.17, 15) is 4.39 Å². The molecule has 0 amide bonds. The van der Waals surface area contributed by atoms with Crippen molar-refractivity contribution in [2.24, 2.45) is 5.10 Å². The second-order valence-corrected chi connectivity index (χ2v) is 4.53. The molecule has 0 saturated heterocycles. The maximum absolute atomic E-state index is 13.5. The zero-order valence-electron chi connectivity index (χ0n) is 11.2. The number of rotatable bonds is 5. The highest BCUT2D eigenvalue weighted by Crippen LogP contribution is 2.07. The largest absolute Gasteiger partial charge is 0.383 e. The van der Waals surface area contributed by atoms with E-state index >= 15 is 0 Å². The highest BCUT2D eigenvalue weighted by atomic mass is 32.1. The van der Waals surface area contributed by atoms with Gasteiger partial charge in [0.25, 0.3) is 0 Å². The van der Waals surface area contributed by atoms with Gasteiger partial charge in [0.1, 0.15) is 5.82 Å². The van der Waals surface area contributed by atoms with E-state index in [1.807, 2.05) is 6.92 Å². The Bertz CT molecular complexity index is 465. The third-order valence-corrected chi connectivity index (χ3v) is 2.59. The maximum atomic E-state index is 13.5. The first kappa shape index (κ1) is 15.5. The molecule has 19 heavy (non-hydrogen) atoms.